The maximum atomic E-state index is 13.2. The van der Waals surface area contributed by atoms with Crippen molar-refractivity contribution in [3.63, 3.8) is 0 Å². The highest BCUT2D eigenvalue weighted by Gasteiger charge is 2.32. The molecule has 3 aromatic rings. The second kappa shape index (κ2) is 10.3. The molecule has 2 heterocycles. The van der Waals surface area contributed by atoms with E-state index in [-0.39, 0.29) is 29.8 Å². The van der Waals surface area contributed by atoms with Gasteiger partial charge < -0.3 is 14.8 Å². The zero-order valence-corrected chi connectivity index (χ0v) is 19.3. The van der Waals surface area contributed by atoms with Crippen LogP contribution in [0.2, 0.25) is 0 Å². The fraction of sp³-hybridized carbons (Fsp3) is 0.333. The third-order valence-electron chi connectivity index (χ3n) is 5.74. The van der Waals surface area contributed by atoms with Gasteiger partial charge >= 0.3 is 0 Å². The predicted octanol–water partition coefficient (Wildman–Crippen LogP) is 3.30. The minimum absolute atomic E-state index is 0.164. The maximum Gasteiger partial charge on any atom is 0.243 e. The number of sulfonamides is 1. The van der Waals surface area contributed by atoms with Crippen molar-refractivity contribution in [2.75, 3.05) is 38.7 Å². The van der Waals surface area contributed by atoms with E-state index in [9.17, 15) is 13.2 Å². The van der Waals surface area contributed by atoms with Crippen LogP contribution in [0, 0.1) is 5.92 Å². The van der Waals surface area contributed by atoms with Crippen LogP contribution in [0.15, 0.2) is 65.7 Å². The molecule has 0 saturated carbocycles. The number of rotatable bonds is 8. The first-order valence-electron chi connectivity index (χ1n) is 10.9. The van der Waals surface area contributed by atoms with E-state index in [4.69, 9.17) is 9.47 Å². The van der Waals surface area contributed by atoms with Gasteiger partial charge in [0.1, 0.15) is 12.3 Å². The minimum Gasteiger partial charge on any atom is -0.474 e. The topological polar surface area (TPSA) is 97.8 Å². The van der Waals surface area contributed by atoms with Gasteiger partial charge in [-0.3, -0.25) is 4.79 Å². The van der Waals surface area contributed by atoms with Gasteiger partial charge in [0, 0.05) is 32.3 Å². The van der Waals surface area contributed by atoms with Crippen molar-refractivity contribution in [2.24, 2.45) is 5.92 Å². The lowest BCUT2D eigenvalue weighted by molar-refractivity contribution is -0.120. The highest BCUT2D eigenvalue weighted by atomic mass is 32.2. The number of piperidine rings is 1. The fourth-order valence-electron chi connectivity index (χ4n) is 3.89. The van der Waals surface area contributed by atoms with E-state index >= 15 is 0 Å². The molecule has 0 unspecified atom stereocenters. The van der Waals surface area contributed by atoms with Crippen LogP contribution in [0.5, 0.6) is 5.88 Å². The Morgan fingerprint density at radius 3 is 2.58 bits per heavy atom. The summed E-state index contributed by atoms with van der Waals surface area (Å²) in [5.74, 6) is -0.123. The number of hydrogen-bond donors (Lipinski definition) is 1. The van der Waals surface area contributed by atoms with E-state index < -0.39 is 10.0 Å². The number of nitrogens with zero attached hydrogens (tertiary/aromatic N) is 2. The van der Waals surface area contributed by atoms with Gasteiger partial charge in [-0.15, -0.1) is 0 Å². The summed E-state index contributed by atoms with van der Waals surface area (Å²) in [5, 5.41) is 4.75. The quantitative estimate of drug-likeness (QED) is 0.509. The summed E-state index contributed by atoms with van der Waals surface area (Å²) in [4.78, 5) is 17.3. The Labute approximate surface area is 193 Å². The Balaban J connectivity index is 1.39. The molecule has 33 heavy (non-hydrogen) atoms. The summed E-state index contributed by atoms with van der Waals surface area (Å²) in [6, 6.07) is 16.3. The van der Waals surface area contributed by atoms with E-state index in [1.165, 1.54) is 4.31 Å². The fourth-order valence-corrected chi connectivity index (χ4v) is 5.40. The van der Waals surface area contributed by atoms with Crippen LogP contribution < -0.4 is 10.1 Å². The molecule has 0 radical (unpaired) electrons. The zero-order chi connectivity index (χ0) is 23.3. The molecular formula is C24H27N3O5S. The number of hydrogen-bond acceptors (Lipinski definition) is 6. The number of aromatic nitrogens is 1. The van der Waals surface area contributed by atoms with Gasteiger partial charge in [-0.2, -0.15) is 4.31 Å². The highest BCUT2D eigenvalue weighted by molar-refractivity contribution is 7.89. The number of carbonyl (C=O) groups is 1. The molecule has 0 spiro atoms. The van der Waals surface area contributed by atoms with Gasteiger partial charge in [-0.1, -0.05) is 30.3 Å². The molecule has 1 amide bonds. The molecule has 2 aromatic carbocycles. The van der Waals surface area contributed by atoms with Crippen LogP contribution in [0.4, 0.5) is 5.69 Å². The Morgan fingerprint density at radius 2 is 1.82 bits per heavy atom. The van der Waals surface area contributed by atoms with E-state index in [1.54, 1.807) is 37.6 Å². The molecule has 4 rings (SSSR count). The van der Waals surface area contributed by atoms with Crippen LogP contribution in [0.3, 0.4) is 0 Å². The summed E-state index contributed by atoms with van der Waals surface area (Å²) < 4.78 is 38.3. The first-order chi connectivity index (χ1) is 16.0. The van der Waals surface area contributed by atoms with Crippen molar-refractivity contribution in [1.82, 2.24) is 9.29 Å². The summed E-state index contributed by atoms with van der Waals surface area (Å²) in [5.41, 5.74) is 0.491. The number of fused-ring (bicyclic) bond motifs is 1. The lowest BCUT2D eigenvalue weighted by Gasteiger charge is -2.30. The molecule has 174 valence electrons. The molecule has 8 nitrogen and oxygen atoms in total. The van der Waals surface area contributed by atoms with E-state index in [0.29, 0.717) is 37.6 Å². The third kappa shape index (κ3) is 5.32. The monoisotopic (exact) mass is 469 g/mol. The van der Waals surface area contributed by atoms with Gasteiger partial charge in [0.2, 0.25) is 21.8 Å². The Morgan fingerprint density at radius 1 is 1.06 bits per heavy atom. The first-order valence-corrected chi connectivity index (χ1v) is 12.3. The van der Waals surface area contributed by atoms with Gasteiger partial charge in [0.25, 0.3) is 0 Å². The van der Waals surface area contributed by atoms with Crippen molar-refractivity contribution in [3.8, 4) is 5.88 Å². The van der Waals surface area contributed by atoms with Gasteiger partial charge in [-0.05, 0) is 47.9 Å². The van der Waals surface area contributed by atoms with Crippen LogP contribution >= 0.6 is 0 Å². The average molecular weight is 470 g/mol. The molecule has 0 atom stereocenters. The predicted molar refractivity (Wildman–Crippen MR) is 126 cm³/mol. The average Bonchev–Trinajstić information content (AvgIpc) is 2.85. The number of amides is 1. The number of methoxy groups -OCH3 is 1. The number of ether oxygens (including phenoxy) is 2. The molecule has 1 aliphatic heterocycles. The number of benzene rings is 2. The second-order valence-corrected chi connectivity index (χ2v) is 9.81. The first kappa shape index (κ1) is 23.2. The number of nitrogens with one attached hydrogen (secondary N) is 1. The van der Waals surface area contributed by atoms with Gasteiger partial charge in [-0.25, -0.2) is 13.4 Å². The Bertz CT molecular complexity index is 1220. The van der Waals surface area contributed by atoms with Crippen LogP contribution in [0.25, 0.3) is 10.8 Å². The zero-order valence-electron chi connectivity index (χ0n) is 18.4. The van der Waals surface area contributed by atoms with Crippen molar-refractivity contribution >= 4 is 32.4 Å². The SMILES string of the molecule is COCCOc1ncccc1NC(=O)C1CCN(S(=O)(=O)c2ccc3ccccc3c2)CC1. The third-order valence-corrected chi connectivity index (χ3v) is 7.63. The lowest BCUT2D eigenvalue weighted by Crippen LogP contribution is -2.41. The van der Waals surface area contributed by atoms with Crippen LogP contribution in [0.1, 0.15) is 12.8 Å². The minimum atomic E-state index is -3.62. The van der Waals surface area contributed by atoms with Crippen molar-refractivity contribution < 1.29 is 22.7 Å². The smallest absolute Gasteiger partial charge is 0.243 e. The molecule has 1 aromatic heterocycles. The Hall–Kier alpha value is -3.01. The van der Waals surface area contributed by atoms with Crippen LogP contribution in [-0.2, 0) is 19.6 Å². The van der Waals surface area contributed by atoms with Crippen molar-refractivity contribution in [3.05, 3.63) is 60.8 Å². The van der Waals surface area contributed by atoms with E-state index in [1.807, 2.05) is 30.3 Å². The Kier molecular flexibility index (Phi) is 7.22. The molecule has 0 aliphatic carbocycles. The largest absolute Gasteiger partial charge is 0.474 e. The summed E-state index contributed by atoms with van der Waals surface area (Å²) in [7, 11) is -2.04. The molecule has 0 bridgehead atoms. The molecule has 1 N–H and O–H groups in total. The summed E-state index contributed by atoms with van der Waals surface area (Å²) in [6.45, 7) is 1.31. The number of pyridine rings is 1. The standard InChI is InChI=1S/C24H27N3O5S/c1-31-15-16-32-24-22(7-4-12-25-24)26-23(28)19-10-13-27(14-11-19)33(29,30)21-9-8-18-5-2-3-6-20(18)17-21/h2-9,12,17,19H,10-11,13-16H2,1H3,(H,26,28). The summed E-state index contributed by atoms with van der Waals surface area (Å²) >= 11 is 0. The normalized spacial score (nSPS) is 15.4. The van der Waals surface area contributed by atoms with Crippen LogP contribution in [-0.4, -0.2) is 57.0 Å². The van der Waals surface area contributed by atoms with Crippen molar-refractivity contribution in [2.45, 2.75) is 17.7 Å². The van der Waals surface area contributed by atoms with Crippen molar-refractivity contribution in [1.29, 1.82) is 0 Å². The molecule has 1 aliphatic rings. The molecular weight excluding hydrogens is 442 g/mol. The number of carbonyl (C=O) groups excluding carboxylic acids is 1. The number of anilines is 1. The second-order valence-electron chi connectivity index (χ2n) is 7.87. The van der Waals surface area contributed by atoms with Gasteiger partial charge in [0.15, 0.2) is 0 Å². The molecule has 9 heteroatoms. The molecule has 1 fully saturated rings. The van der Waals surface area contributed by atoms with E-state index in [0.717, 1.165) is 10.8 Å². The highest BCUT2D eigenvalue weighted by Crippen LogP contribution is 2.28. The molecule has 1 saturated heterocycles. The van der Waals surface area contributed by atoms with Gasteiger partial charge in [0.05, 0.1) is 11.5 Å². The lowest BCUT2D eigenvalue weighted by atomic mass is 9.97. The van der Waals surface area contributed by atoms with E-state index in [2.05, 4.69) is 10.3 Å². The maximum absolute atomic E-state index is 13.2. The summed E-state index contributed by atoms with van der Waals surface area (Å²) in [6.07, 6.45) is 2.48.